The molecular weight excluding hydrogens is 362 g/mol. The second kappa shape index (κ2) is 9.94. The van der Waals surface area contributed by atoms with Gasteiger partial charge in [0.1, 0.15) is 18.7 Å². The number of anilines is 1. The molecule has 0 unspecified atom stereocenters. The summed E-state index contributed by atoms with van der Waals surface area (Å²) < 4.78 is 0. The van der Waals surface area contributed by atoms with Crippen molar-refractivity contribution in [2.24, 2.45) is 10.3 Å². The maximum Gasteiger partial charge on any atom is 0.147 e. The van der Waals surface area contributed by atoms with E-state index in [1.165, 1.54) is 0 Å². The number of rotatable bonds is 8. The van der Waals surface area contributed by atoms with Crippen LogP contribution in [0.15, 0.2) is 89.1 Å². The summed E-state index contributed by atoms with van der Waals surface area (Å²) in [6, 6.07) is 26.0. The van der Waals surface area contributed by atoms with E-state index in [9.17, 15) is 0 Å². The Hall–Kier alpha value is -3.80. The smallest absolute Gasteiger partial charge is 0.147 e. The topological polar surface area (TPSA) is 93.7 Å². The predicted octanol–water partition coefficient (Wildman–Crippen LogP) is 5.25. The minimum Gasteiger partial charge on any atom is -0.399 e. The third-order valence-corrected chi connectivity index (χ3v) is 4.39. The van der Waals surface area contributed by atoms with Gasteiger partial charge in [-0.05, 0) is 29.3 Å². The Morgan fingerprint density at radius 2 is 1.62 bits per heavy atom. The van der Waals surface area contributed by atoms with Gasteiger partial charge in [0.15, 0.2) is 0 Å². The fourth-order valence-electron chi connectivity index (χ4n) is 2.97. The maximum atomic E-state index is 7.48. The quantitative estimate of drug-likeness (QED) is 0.214. The SMILES string of the molecule is CO/N=C(/c1ccccc1)c1cccc(CNc2ccc(CC(=N)N=N)cc2)c1. The van der Waals surface area contributed by atoms with Gasteiger partial charge in [-0.1, -0.05) is 65.8 Å². The molecule has 0 bridgehead atoms. The first-order chi connectivity index (χ1) is 14.2. The first-order valence-corrected chi connectivity index (χ1v) is 9.23. The summed E-state index contributed by atoms with van der Waals surface area (Å²) in [5, 5.41) is 18.2. The molecule has 3 N–H and O–H groups in total. The molecule has 3 rings (SSSR count). The van der Waals surface area contributed by atoms with E-state index in [1.54, 1.807) is 7.11 Å². The normalized spacial score (nSPS) is 11.0. The Labute approximate surface area is 170 Å². The van der Waals surface area contributed by atoms with Crippen LogP contribution in [0.4, 0.5) is 5.69 Å². The van der Waals surface area contributed by atoms with Crippen LogP contribution in [0.5, 0.6) is 0 Å². The molecule has 0 aliphatic heterocycles. The summed E-state index contributed by atoms with van der Waals surface area (Å²) >= 11 is 0. The largest absolute Gasteiger partial charge is 0.399 e. The van der Waals surface area contributed by atoms with Gasteiger partial charge in [-0.2, -0.15) is 0 Å². The van der Waals surface area contributed by atoms with Crippen LogP contribution < -0.4 is 5.32 Å². The molecule has 0 saturated carbocycles. The van der Waals surface area contributed by atoms with Crippen molar-refractivity contribution in [3.63, 3.8) is 0 Å². The van der Waals surface area contributed by atoms with Gasteiger partial charge in [0.05, 0.1) is 0 Å². The molecule has 0 aliphatic rings. The summed E-state index contributed by atoms with van der Waals surface area (Å²) in [5.74, 6) is 0.0504. The van der Waals surface area contributed by atoms with Crippen LogP contribution in [0.3, 0.4) is 0 Å². The fourth-order valence-corrected chi connectivity index (χ4v) is 2.97. The van der Waals surface area contributed by atoms with Crippen molar-refractivity contribution in [3.05, 3.63) is 101 Å². The highest BCUT2D eigenvalue weighted by atomic mass is 16.6. The van der Waals surface area contributed by atoms with Crippen LogP contribution in [-0.2, 0) is 17.8 Å². The van der Waals surface area contributed by atoms with Crippen molar-refractivity contribution >= 4 is 17.2 Å². The van der Waals surface area contributed by atoms with E-state index in [2.05, 4.69) is 27.7 Å². The highest BCUT2D eigenvalue weighted by Crippen LogP contribution is 2.16. The highest BCUT2D eigenvalue weighted by Gasteiger charge is 2.08. The number of oxime groups is 1. The van der Waals surface area contributed by atoms with Crippen LogP contribution in [-0.4, -0.2) is 18.7 Å². The summed E-state index contributed by atoms with van der Waals surface area (Å²) in [5.41, 5.74) is 12.7. The lowest BCUT2D eigenvalue weighted by Gasteiger charge is -2.10. The van der Waals surface area contributed by atoms with Gasteiger partial charge in [-0.3, -0.25) is 5.41 Å². The summed E-state index contributed by atoms with van der Waals surface area (Å²) in [6.07, 6.45) is 0.368. The van der Waals surface area contributed by atoms with Crippen molar-refractivity contribution < 1.29 is 4.84 Å². The molecule has 0 aliphatic carbocycles. The molecule has 6 nitrogen and oxygen atoms in total. The average Bonchev–Trinajstić information content (AvgIpc) is 2.77. The fraction of sp³-hybridized carbons (Fsp3) is 0.130. The molecule has 0 spiro atoms. The molecule has 0 heterocycles. The van der Waals surface area contributed by atoms with Gasteiger partial charge in [0, 0.05) is 29.8 Å². The average molecular weight is 385 g/mol. The van der Waals surface area contributed by atoms with Crippen molar-refractivity contribution in [1.29, 1.82) is 10.9 Å². The maximum absolute atomic E-state index is 7.48. The molecule has 6 heteroatoms. The molecule has 3 aromatic carbocycles. The van der Waals surface area contributed by atoms with Crippen LogP contribution in [0.1, 0.15) is 22.3 Å². The number of nitrogens with zero attached hydrogens (tertiary/aromatic N) is 2. The molecule has 0 fully saturated rings. The molecule has 3 aromatic rings. The standard InChI is InChI=1S/C23H23N5O/c1-29-28-23(19-7-3-2-4-8-19)20-9-5-6-18(14-20)16-26-21-12-10-17(11-13-21)15-22(24)27-25/h2-14,24-26H,15-16H2,1H3/b24-22?,27-25?,28-23-. The second-order valence-corrected chi connectivity index (χ2v) is 6.47. The lowest BCUT2D eigenvalue weighted by molar-refractivity contribution is 0.214. The van der Waals surface area contributed by atoms with Crippen LogP contribution in [0.25, 0.3) is 0 Å². The van der Waals surface area contributed by atoms with E-state index in [1.807, 2.05) is 66.7 Å². The summed E-state index contributed by atoms with van der Waals surface area (Å²) in [7, 11) is 1.55. The molecule has 146 valence electrons. The Morgan fingerprint density at radius 1 is 0.897 bits per heavy atom. The van der Waals surface area contributed by atoms with Gasteiger partial charge in [-0.15, -0.1) is 5.11 Å². The van der Waals surface area contributed by atoms with E-state index in [-0.39, 0.29) is 5.84 Å². The Bertz CT molecular complexity index is 997. The molecule has 0 saturated heterocycles. The van der Waals surface area contributed by atoms with Crippen molar-refractivity contribution in [2.45, 2.75) is 13.0 Å². The van der Waals surface area contributed by atoms with Gasteiger partial charge in [0.25, 0.3) is 0 Å². The molecule has 0 aromatic heterocycles. The molecule has 29 heavy (non-hydrogen) atoms. The Balaban J connectivity index is 1.70. The van der Waals surface area contributed by atoms with Crippen LogP contribution >= 0.6 is 0 Å². The van der Waals surface area contributed by atoms with Gasteiger partial charge >= 0.3 is 0 Å². The zero-order valence-corrected chi connectivity index (χ0v) is 16.2. The number of nitrogens with one attached hydrogen (secondary N) is 3. The third-order valence-electron chi connectivity index (χ3n) is 4.39. The first-order valence-electron chi connectivity index (χ1n) is 9.23. The number of hydrogen-bond acceptors (Lipinski definition) is 5. The zero-order chi connectivity index (χ0) is 20.5. The van der Waals surface area contributed by atoms with Gasteiger partial charge in [-0.25, -0.2) is 5.53 Å². The molecule has 0 amide bonds. The third kappa shape index (κ3) is 5.59. The first kappa shape index (κ1) is 19.9. The summed E-state index contributed by atoms with van der Waals surface area (Å²) in [4.78, 5) is 5.07. The van der Waals surface area contributed by atoms with Gasteiger partial charge in [0.2, 0.25) is 0 Å². The van der Waals surface area contributed by atoms with Crippen molar-refractivity contribution in [1.82, 2.24) is 0 Å². The minimum atomic E-state index is 0.0504. The molecule has 0 radical (unpaired) electrons. The second-order valence-electron chi connectivity index (χ2n) is 6.47. The van der Waals surface area contributed by atoms with Crippen molar-refractivity contribution in [3.8, 4) is 0 Å². The van der Waals surface area contributed by atoms with E-state index >= 15 is 0 Å². The highest BCUT2D eigenvalue weighted by molar-refractivity contribution is 6.12. The summed E-state index contributed by atoms with van der Waals surface area (Å²) in [6.45, 7) is 0.667. The van der Waals surface area contributed by atoms with E-state index in [0.29, 0.717) is 13.0 Å². The number of hydrogen-bond donors (Lipinski definition) is 3. The Kier molecular flexibility index (Phi) is 6.84. The lowest BCUT2D eigenvalue weighted by Crippen LogP contribution is -2.06. The van der Waals surface area contributed by atoms with E-state index < -0.39 is 0 Å². The monoisotopic (exact) mass is 385 g/mol. The van der Waals surface area contributed by atoms with Crippen LogP contribution in [0, 0.1) is 10.9 Å². The number of amidine groups is 1. The van der Waals surface area contributed by atoms with E-state index in [0.717, 1.165) is 33.7 Å². The minimum absolute atomic E-state index is 0.0504. The number of benzene rings is 3. The van der Waals surface area contributed by atoms with Crippen LogP contribution in [0.2, 0.25) is 0 Å². The van der Waals surface area contributed by atoms with Crippen molar-refractivity contribution in [2.75, 3.05) is 12.4 Å². The predicted molar refractivity (Wildman–Crippen MR) is 116 cm³/mol. The van der Waals surface area contributed by atoms with Gasteiger partial charge < -0.3 is 10.2 Å². The molecular formula is C23H23N5O. The Morgan fingerprint density at radius 3 is 2.31 bits per heavy atom. The zero-order valence-electron chi connectivity index (χ0n) is 16.2. The molecule has 0 atom stereocenters. The lowest BCUT2D eigenvalue weighted by atomic mass is 10.0. The van der Waals surface area contributed by atoms with E-state index in [4.69, 9.17) is 15.8 Å².